The first-order valence-corrected chi connectivity index (χ1v) is 7.09. The van der Waals surface area contributed by atoms with Crippen molar-refractivity contribution in [1.29, 1.82) is 0 Å². The van der Waals surface area contributed by atoms with Crippen LogP contribution in [0.4, 0.5) is 10.3 Å². The van der Waals surface area contributed by atoms with Crippen LogP contribution in [0.2, 0.25) is 0 Å². The monoisotopic (exact) mass is 347 g/mol. The molecule has 2 N–H and O–H groups in total. The zero-order valence-corrected chi connectivity index (χ0v) is 12.4. The van der Waals surface area contributed by atoms with Crippen LogP contribution >= 0.6 is 15.9 Å². The maximum absolute atomic E-state index is 13.1. The molecule has 0 fully saturated rings. The van der Waals surface area contributed by atoms with E-state index in [4.69, 9.17) is 0 Å². The smallest absolute Gasteiger partial charge is 0.231 e. The van der Waals surface area contributed by atoms with Gasteiger partial charge in [0, 0.05) is 0 Å². The van der Waals surface area contributed by atoms with Crippen LogP contribution in [0.25, 0.3) is 11.0 Å². The van der Waals surface area contributed by atoms with Gasteiger partial charge in [-0.05, 0) is 45.8 Å². The minimum absolute atomic E-state index is 0.149. The van der Waals surface area contributed by atoms with E-state index in [1.165, 1.54) is 6.07 Å². The van der Waals surface area contributed by atoms with E-state index in [2.05, 4.69) is 31.2 Å². The number of H-pyrrole nitrogens is 1. The van der Waals surface area contributed by atoms with Crippen LogP contribution in [0.5, 0.6) is 0 Å². The molecule has 3 aromatic rings. The van der Waals surface area contributed by atoms with E-state index in [0.29, 0.717) is 10.4 Å². The summed E-state index contributed by atoms with van der Waals surface area (Å²) in [4.78, 5) is 19.3. The molecule has 6 heteroatoms. The number of para-hydroxylation sites is 2. The van der Waals surface area contributed by atoms with Gasteiger partial charge in [0.2, 0.25) is 11.9 Å². The van der Waals surface area contributed by atoms with E-state index in [-0.39, 0.29) is 18.1 Å². The minimum atomic E-state index is -0.351. The van der Waals surface area contributed by atoms with Gasteiger partial charge < -0.3 is 4.98 Å². The van der Waals surface area contributed by atoms with Crippen LogP contribution in [0.15, 0.2) is 46.9 Å². The van der Waals surface area contributed by atoms with Gasteiger partial charge in [-0.1, -0.05) is 18.2 Å². The van der Waals surface area contributed by atoms with Gasteiger partial charge in [0.25, 0.3) is 0 Å². The fourth-order valence-corrected chi connectivity index (χ4v) is 2.45. The Morgan fingerprint density at radius 1 is 1.29 bits per heavy atom. The summed E-state index contributed by atoms with van der Waals surface area (Å²) < 4.78 is 13.5. The number of amides is 1. The standard InChI is InChI=1S/C15H11BrFN3O/c16-10-7-9(5-6-11(10)17)8-14(21)20-15-18-12-3-1-2-4-13(12)19-15/h1-7H,8H2,(H2,18,19,20,21). The van der Waals surface area contributed by atoms with Crippen LogP contribution in [0.3, 0.4) is 0 Å². The number of carbonyl (C=O) groups excluding carboxylic acids is 1. The molecular weight excluding hydrogens is 337 g/mol. The quantitative estimate of drug-likeness (QED) is 0.759. The Morgan fingerprint density at radius 3 is 2.86 bits per heavy atom. The summed E-state index contributed by atoms with van der Waals surface area (Å²) in [7, 11) is 0. The molecule has 4 nitrogen and oxygen atoms in total. The molecule has 0 atom stereocenters. The lowest BCUT2D eigenvalue weighted by molar-refractivity contribution is -0.115. The fourth-order valence-electron chi connectivity index (χ4n) is 2.02. The number of halogens is 2. The molecular formula is C15H11BrFN3O. The topological polar surface area (TPSA) is 57.8 Å². The second-order valence-electron chi connectivity index (χ2n) is 4.58. The maximum atomic E-state index is 13.1. The summed E-state index contributed by atoms with van der Waals surface area (Å²) in [6.07, 6.45) is 0.149. The summed E-state index contributed by atoms with van der Waals surface area (Å²) in [5.41, 5.74) is 2.37. The predicted molar refractivity (Wildman–Crippen MR) is 82.5 cm³/mol. The van der Waals surface area contributed by atoms with E-state index in [0.717, 1.165) is 16.6 Å². The van der Waals surface area contributed by atoms with Crippen LogP contribution in [-0.2, 0) is 11.2 Å². The molecule has 0 aliphatic heterocycles. The Morgan fingerprint density at radius 2 is 2.10 bits per heavy atom. The van der Waals surface area contributed by atoms with Crippen LogP contribution in [0.1, 0.15) is 5.56 Å². The number of aromatic nitrogens is 2. The van der Waals surface area contributed by atoms with Gasteiger partial charge in [0.15, 0.2) is 0 Å². The molecule has 0 saturated carbocycles. The average molecular weight is 348 g/mol. The molecule has 3 rings (SSSR count). The van der Waals surface area contributed by atoms with Crippen molar-refractivity contribution < 1.29 is 9.18 Å². The number of fused-ring (bicyclic) bond motifs is 1. The van der Waals surface area contributed by atoms with E-state index >= 15 is 0 Å². The number of hydrogen-bond donors (Lipinski definition) is 2. The molecule has 0 spiro atoms. The van der Waals surface area contributed by atoms with Crippen molar-refractivity contribution in [2.45, 2.75) is 6.42 Å². The van der Waals surface area contributed by atoms with Crippen molar-refractivity contribution in [3.05, 3.63) is 58.3 Å². The van der Waals surface area contributed by atoms with Crippen molar-refractivity contribution in [1.82, 2.24) is 9.97 Å². The molecule has 0 unspecified atom stereocenters. The number of nitrogens with one attached hydrogen (secondary N) is 2. The number of anilines is 1. The van der Waals surface area contributed by atoms with E-state index in [1.807, 2.05) is 24.3 Å². The molecule has 0 saturated heterocycles. The van der Waals surface area contributed by atoms with Crippen molar-refractivity contribution >= 4 is 38.8 Å². The average Bonchev–Trinajstić information content (AvgIpc) is 2.84. The number of benzene rings is 2. The molecule has 0 aliphatic rings. The molecule has 21 heavy (non-hydrogen) atoms. The Balaban J connectivity index is 1.72. The third-order valence-electron chi connectivity index (χ3n) is 3.00. The van der Waals surface area contributed by atoms with Gasteiger partial charge in [0.05, 0.1) is 21.9 Å². The van der Waals surface area contributed by atoms with Gasteiger partial charge in [0.1, 0.15) is 5.82 Å². The predicted octanol–water partition coefficient (Wildman–Crippen LogP) is 3.65. The summed E-state index contributed by atoms with van der Waals surface area (Å²) in [5.74, 6) is -0.161. The summed E-state index contributed by atoms with van der Waals surface area (Å²) in [6.45, 7) is 0. The fraction of sp³-hybridized carbons (Fsp3) is 0.0667. The third kappa shape index (κ3) is 3.11. The lowest BCUT2D eigenvalue weighted by Gasteiger charge is -2.03. The molecule has 1 heterocycles. The number of hydrogen-bond acceptors (Lipinski definition) is 2. The lowest BCUT2D eigenvalue weighted by Crippen LogP contribution is -2.15. The largest absolute Gasteiger partial charge is 0.324 e. The zero-order valence-electron chi connectivity index (χ0n) is 10.9. The van der Waals surface area contributed by atoms with Gasteiger partial charge in [-0.3, -0.25) is 10.1 Å². The highest BCUT2D eigenvalue weighted by molar-refractivity contribution is 9.10. The van der Waals surface area contributed by atoms with Crippen molar-refractivity contribution in [3.63, 3.8) is 0 Å². The van der Waals surface area contributed by atoms with Crippen LogP contribution in [-0.4, -0.2) is 15.9 Å². The Labute approximate surface area is 128 Å². The first-order chi connectivity index (χ1) is 10.1. The molecule has 2 aromatic carbocycles. The zero-order chi connectivity index (χ0) is 14.8. The van der Waals surface area contributed by atoms with E-state index < -0.39 is 0 Å². The lowest BCUT2D eigenvalue weighted by atomic mass is 10.1. The molecule has 1 aromatic heterocycles. The van der Waals surface area contributed by atoms with Crippen molar-refractivity contribution in [3.8, 4) is 0 Å². The number of aromatic amines is 1. The normalized spacial score (nSPS) is 10.8. The molecule has 0 bridgehead atoms. The maximum Gasteiger partial charge on any atom is 0.231 e. The number of rotatable bonds is 3. The van der Waals surface area contributed by atoms with Crippen molar-refractivity contribution in [2.75, 3.05) is 5.32 Å². The highest BCUT2D eigenvalue weighted by atomic mass is 79.9. The second-order valence-corrected chi connectivity index (χ2v) is 5.43. The number of imidazole rings is 1. The van der Waals surface area contributed by atoms with Crippen LogP contribution < -0.4 is 5.32 Å². The minimum Gasteiger partial charge on any atom is -0.324 e. The van der Waals surface area contributed by atoms with Crippen LogP contribution in [0, 0.1) is 5.82 Å². The van der Waals surface area contributed by atoms with Gasteiger partial charge >= 0.3 is 0 Å². The number of carbonyl (C=O) groups is 1. The first-order valence-electron chi connectivity index (χ1n) is 6.30. The van der Waals surface area contributed by atoms with Gasteiger partial charge in [-0.2, -0.15) is 0 Å². The second kappa shape index (κ2) is 5.65. The molecule has 0 aliphatic carbocycles. The third-order valence-corrected chi connectivity index (χ3v) is 3.60. The molecule has 1 amide bonds. The van der Waals surface area contributed by atoms with Crippen molar-refractivity contribution in [2.24, 2.45) is 0 Å². The Hall–Kier alpha value is -2.21. The highest BCUT2D eigenvalue weighted by Crippen LogP contribution is 2.18. The Bertz CT molecular complexity index is 783. The van der Waals surface area contributed by atoms with Gasteiger partial charge in [-0.25, -0.2) is 9.37 Å². The summed E-state index contributed by atoms with van der Waals surface area (Å²) in [6, 6.07) is 12.0. The first kappa shape index (κ1) is 13.8. The highest BCUT2D eigenvalue weighted by Gasteiger charge is 2.09. The number of nitrogens with zero attached hydrogens (tertiary/aromatic N) is 1. The molecule has 106 valence electrons. The molecule has 0 radical (unpaired) electrons. The van der Waals surface area contributed by atoms with E-state index in [1.54, 1.807) is 12.1 Å². The van der Waals surface area contributed by atoms with Gasteiger partial charge in [-0.15, -0.1) is 0 Å². The van der Waals surface area contributed by atoms with E-state index in [9.17, 15) is 9.18 Å². The summed E-state index contributed by atoms with van der Waals surface area (Å²) >= 11 is 3.10. The Kier molecular flexibility index (Phi) is 3.70. The SMILES string of the molecule is O=C(Cc1ccc(F)c(Br)c1)Nc1nc2ccccc2[nH]1. The summed E-state index contributed by atoms with van der Waals surface area (Å²) in [5, 5.41) is 2.70.